The molecule has 150 valence electrons. The number of nitrogens with zero attached hydrogens (tertiary/aromatic N) is 6. The van der Waals surface area contributed by atoms with Crippen LogP contribution in [0.1, 0.15) is 23.0 Å². The number of ether oxygens (including phenoxy) is 2. The molecule has 0 spiro atoms. The van der Waals surface area contributed by atoms with E-state index in [4.69, 9.17) is 9.47 Å². The summed E-state index contributed by atoms with van der Waals surface area (Å²) in [5.41, 5.74) is 2.28. The molecule has 0 radical (unpaired) electrons. The van der Waals surface area contributed by atoms with E-state index in [1.165, 1.54) is 5.56 Å². The Morgan fingerprint density at radius 2 is 1.76 bits per heavy atom. The summed E-state index contributed by atoms with van der Waals surface area (Å²) in [5, 5.41) is 12.8. The van der Waals surface area contributed by atoms with E-state index < -0.39 is 0 Å². The third-order valence-corrected chi connectivity index (χ3v) is 5.59. The first-order valence-electron chi connectivity index (χ1n) is 9.90. The van der Waals surface area contributed by atoms with Crippen LogP contribution in [-0.4, -0.2) is 70.0 Å². The Bertz CT molecular complexity index is 968. The summed E-state index contributed by atoms with van der Waals surface area (Å²) in [4.78, 5) is 4.82. The molecule has 1 fully saturated rings. The van der Waals surface area contributed by atoms with Crippen LogP contribution in [0.5, 0.6) is 11.5 Å². The number of hydrogen-bond donors (Lipinski definition) is 0. The zero-order valence-electron chi connectivity index (χ0n) is 16.4. The fourth-order valence-electron chi connectivity index (χ4n) is 3.97. The zero-order chi connectivity index (χ0) is 19.6. The second-order valence-electron chi connectivity index (χ2n) is 7.53. The van der Waals surface area contributed by atoms with Crippen LogP contribution >= 0.6 is 0 Å². The minimum Gasteiger partial charge on any atom is -0.454 e. The summed E-state index contributed by atoms with van der Waals surface area (Å²) < 4.78 is 12.8. The summed E-state index contributed by atoms with van der Waals surface area (Å²) >= 11 is 0. The molecule has 2 aromatic carbocycles. The molecular formula is C21H24N6O2. The van der Waals surface area contributed by atoms with Gasteiger partial charge in [-0.05, 0) is 40.7 Å². The van der Waals surface area contributed by atoms with E-state index in [-0.39, 0.29) is 12.8 Å². The molecule has 8 nitrogen and oxygen atoms in total. The van der Waals surface area contributed by atoms with E-state index in [9.17, 15) is 0 Å². The molecule has 0 saturated carbocycles. The topological polar surface area (TPSA) is 68.5 Å². The summed E-state index contributed by atoms with van der Waals surface area (Å²) in [7, 11) is 2.17. The van der Waals surface area contributed by atoms with Gasteiger partial charge in [0.15, 0.2) is 17.3 Å². The highest BCUT2D eigenvalue weighted by atomic mass is 16.7. The van der Waals surface area contributed by atoms with Crippen molar-refractivity contribution in [3.63, 3.8) is 0 Å². The number of hydrogen-bond acceptors (Lipinski definition) is 7. The Labute approximate surface area is 169 Å². The van der Waals surface area contributed by atoms with Gasteiger partial charge in [0.1, 0.15) is 0 Å². The third kappa shape index (κ3) is 3.68. The number of aromatic nitrogens is 4. The molecule has 1 unspecified atom stereocenters. The van der Waals surface area contributed by atoms with E-state index in [2.05, 4.69) is 56.6 Å². The van der Waals surface area contributed by atoms with Crippen LogP contribution in [-0.2, 0) is 6.54 Å². The van der Waals surface area contributed by atoms with Crippen molar-refractivity contribution in [1.82, 2.24) is 30.0 Å². The molecule has 3 heterocycles. The van der Waals surface area contributed by atoms with Gasteiger partial charge in [0.2, 0.25) is 6.79 Å². The summed E-state index contributed by atoms with van der Waals surface area (Å²) in [6.45, 7) is 4.88. The van der Waals surface area contributed by atoms with Crippen LogP contribution < -0.4 is 9.47 Å². The normalized spacial score (nSPS) is 18.1. The number of benzene rings is 2. The molecule has 2 aliphatic heterocycles. The maximum Gasteiger partial charge on any atom is 0.231 e. The molecule has 3 aromatic rings. The molecule has 0 amide bonds. The Morgan fingerprint density at radius 3 is 2.59 bits per heavy atom. The van der Waals surface area contributed by atoms with E-state index in [1.807, 2.05) is 28.9 Å². The minimum atomic E-state index is 0.0221. The average molecular weight is 392 g/mol. The highest BCUT2D eigenvalue weighted by molar-refractivity contribution is 5.44. The molecule has 0 aliphatic carbocycles. The first-order chi connectivity index (χ1) is 14.3. The van der Waals surface area contributed by atoms with Gasteiger partial charge in [0.05, 0.1) is 12.6 Å². The van der Waals surface area contributed by atoms with E-state index in [0.717, 1.165) is 49.1 Å². The summed E-state index contributed by atoms with van der Waals surface area (Å²) in [6.07, 6.45) is 0. The first-order valence-corrected chi connectivity index (χ1v) is 9.90. The van der Waals surface area contributed by atoms with Gasteiger partial charge in [-0.3, -0.25) is 4.90 Å². The monoisotopic (exact) mass is 392 g/mol. The average Bonchev–Trinajstić information content (AvgIpc) is 3.40. The fourth-order valence-corrected chi connectivity index (χ4v) is 3.97. The highest BCUT2D eigenvalue weighted by Gasteiger charge is 2.30. The standard InChI is InChI=1S/C21H24N6O2/c1-25-9-11-26(12-10-25)20(17-5-3-2-4-6-17)21-22-23-24-27(21)14-16-7-8-18-19(13-16)29-15-28-18/h2-8,13,20H,9-12,14-15H2,1H3. The van der Waals surface area contributed by atoms with Crippen LogP contribution in [0.4, 0.5) is 0 Å². The molecule has 1 aromatic heterocycles. The lowest BCUT2D eigenvalue weighted by atomic mass is 10.0. The van der Waals surface area contributed by atoms with Gasteiger partial charge in [-0.15, -0.1) is 5.10 Å². The molecule has 2 aliphatic rings. The number of piperazine rings is 1. The zero-order valence-corrected chi connectivity index (χ0v) is 16.4. The van der Waals surface area contributed by atoms with E-state index in [1.54, 1.807) is 0 Å². The number of fused-ring (bicyclic) bond motifs is 1. The van der Waals surface area contributed by atoms with E-state index >= 15 is 0 Å². The predicted octanol–water partition coefficient (Wildman–Crippen LogP) is 1.79. The van der Waals surface area contributed by atoms with Gasteiger partial charge in [0, 0.05) is 26.2 Å². The lowest BCUT2D eigenvalue weighted by Gasteiger charge is -2.37. The Morgan fingerprint density at radius 1 is 0.966 bits per heavy atom. The van der Waals surface area contributed by atoms with Crippen molar-refractivity contribution in [2.75, 3.05) is 40.0 Å². The van der Waals surface area contributed by atoms with Crippen molar-refractivity contribution in [2.45, 2.75) is 12.6 Å². The van der Waals surface area contributed by atoms with Crippen LogP contribution in [0.2, 0.25) is 0 Å². The van der Waals surface area contributed by atoms with Crippen LogP contribution in [0.25, 0.3) is 0 Å². The van der Waals surface area contributed by atoms with Gasteiger partial charge >= 0.3 is 0 Å². The first kappa shape index (κ1) is 18.1. The Kier molecular flexibility index (Phi) is 4.87. The fraction of sp³-hybridized carbons (Fsp3) is 0.381. The van der Waals surface area contributed by atoms with Crippen molar-refractivity contribution in [2.24, 2.45) is 0 Å². The van der Waals surface area contributed by atoms with Gasteiger partial charge in [0.25, 0.3) is 0 Å². The number of tetrazole rings is 1. The lowest BCUT2D eigenvalue weighted by molar-refractivity contribution is 0.121. The van der Waals surface area contributed by atoms with Gasteiger partial charge < -0.3 is 14.4 Å². The van der Waals surface area contributed by atoms with Crippen molar-refractivity contribution >= 4 is 0 Å². The molecule has 1 saturated heterocycles. The molecule has 29 heavy (non-hydrogen) atoms. The van der Waals surface area contributed by atoms with Crippen LogP contribution in [0.3, 0.4) is 0 Å². The van der Waals surface area contributed by atoms with Crippen molar-refractivity contribution < 1.29 is 9.47 Å². The molecule has 5 rings (SSSR count). The molecule has 0 N–H and O–H groups in total. The smallest absolute Gasteiger partial charge is 0.231 e. The third-order valence-electron chi connectivity index (χ3n) is 5.59. The molecular weight excluding hydrogens is 368 g/mol. The van der Waals surface area contributed by atoms with Gasteiger partial charge in [-0.2, -0.15) is 0 Å². The van der Waals surface area contributed by atoms with Gasteiger partial charge in [-0.25, -0.2) is 4.68 Å². The molecule has 1 atom stereocenters. The second-order valence-corrected chi connectivity index (χ2v) is 7.53. The van der Waals surface area contributed by atoms with Crippen molar-refractivity contribution in [3.05, 3.63) is 65.5 Å². The second kappa shape index (κ2) is 7.81. The lowest BCUT2D eigenvalue weighted by Crippen LogP contribution is -2.46. The Balaban J connectivity index is 1.47. The summed E-state index contributed by atoms with van der Waals surface area (Å²) in [5.74, 6) is 2.42. The van der Waals surface area contributed by atoms with E-state index in [0.29, 0.717) is 6.54 Å². The predicted molar refractivity (Wildman–Crippen MR) is 107 cm³/mol. The van der Waals surface area contributed by atoms with Crippen LogP contribution in [0, 0.1) is 0 Å². The van der Waals surface area contributed by atoms with Crippen molar-refractivity contribution in [3.8, 4) is 11.5 Å². The highest BCUT2D eigenvalue weighted by Crippen LogP contribution is 2.33. The number of rotatable bonds is 5. The maximum absolute atomic E-state index is 5.51. The quantitative estimate of drug-likeness (QED) is 0.656. The SMILES string of the molecule is CN1CCN(C(c2ccccc2)c2nnnn2Cc2ccc3c(c2)OCO3)CC1. The van der Waals surface area contributed by atoms with Crippen molar-refractivity contribution in [1.29, 1.82) is 0 Å². The largest absolute Gasteiger partial charge is 0.454 e. The Hall–Kier alpha value is -2.97. The maximum atomic E-state index is 5.51. The molecule has 8 heteroatoms. The minimum absolute atomic E-state index is 0.0221. The van der Waals surface area contributed by atoms with Crippen LogP contribution in [0.15, 0.2) is 48.5 Å². The number of likely N-dealkylation sites (N-methyl/N-ethyl adjacent to an activating group) is 1. The molecule has 0 bridgehead atoms. The van der Waals surface area contributed by atoms with Gasteiger partial charge in [-0.1, -0.05) is 36.4 Å². The summed E-state index contributed by atoms with van der Waals surface area (Å²) in [6, 6.07) is 16.5.